The quantitative estimate of drug-likeness (QED) is 0.692. The van der Waals surface area contributed by atoms with Gasteiger partial charge in [-0.2, -0.15) is 4.98 Å². The minimum atomic E-state index is -0.0842. The van der Waals surface area contributed by atoms with E-state index in [0.29, 0.717) is 17.1 Å². The zero-order valence-corrected chi connectivity index (χ0v) is 12.7. The van der Waals surface area contributed by atoms with Crippen LogP contribution in [0.4, 0.5) is 0 Å². The van der Waals surface area contributed by atoms with Gasteiger partial charge in [-0.3, -0.25) is 9.36 Å². The largest absolute Gasteiger partial charge is 0.417 e. The van der Waals surface area contributed by atoms with E-state index in [1.54, 1.807) is 4.57 Å². The van der Waals surface area contributed by atoms with Crippen molar-refractivity contribution in [3.8, 4) is 11.5 Å². The average Bonchev–Trinajstić information content (AvgIpc) is 2.91. The van der Waals surface area contributed by atoms with Crippen molar-refractivity contribution >= 4 is 11.2 Å². The molecule has 0 N–H and O–H groups in total. The third kappa shape index (κ3) is 2.04. The highest BCUT2D eigenvalue weighted by Crippen LogP contribution is 2.24. The fraction of sp³-hybridized carbons (Fsp3) is 0.353. The number of benzene rings is 1. The molecule has 0 saturated carbocycles. The zero-order valence-electron chi connectivity index (χ0n) is 12.7. The monoisotopic (exact) mass is 295 g/mol. The summed E-state index contributed by atoms with van der Waals surface area (Å²) < 4.78 is 7.51. The van der Waals surface area contributed by atoms with Crippen LogP contribution in [-0.4, -0.2) is 14.5 Å². The van der Waals surface area contributed by atoms with Crippen LogP contribution in [0.3, 0.4) is 0 Å². The van der Waals surface area contributed by atoms with E-state index in [4.69, 9.17) is 4.42 Å². The van der Waals surface area contributed by atoms with E-state index in [2.05, 4.69) is 16.0 Å². The van der Waals surface area contributed by atoms with Crippen LogP contribution >= 0.6 is 0 Å². The summed E-state index contributed by atoms with van der Waals surface area (Å²) in [4.78, 5) is 21.5. The number of aromatic nitrogens is 3. The van der Waals surface area contributed by atoms with Crippen LogP contribution < -0.4 is 5.56 Å². The predicted octanol–water partition coefficient (Wildman–Crippen LogP) is 3.00. The number of rotatable bonds is 1. The summed E-state index contributed by atoms with van der Waals surface area (Å²) >= 11 is 0. The first-order chi connectivity index (χ1) is 10.6. The molecule has 112 valence electrons. The molecule has 1 aliphatic heterocycles. The van der Waals surface area contributed by atoms with Gasteiger partial charge in [0.15, 0.2) is 5.52 Å². The highest BCUT2D eigenvalue weighted by molar-refractivity contribution is 5.72. The summed E-state index contributed by atoms with van der Waals surface area (Å²) in [6.07, 6.45) is 2.91. The molecule has 22 heavy (non-hydrogen) atoms. The normalized spacial score (nSPS) is 14.3. The zero-order chi connectivity index (χ0) is 15.3. The van der Waals surface area contributed by atoms with Crippen LogP contribution in [0.15, 0.2) is 27.4 Å². The molecule has 0 amide bonds. The Hall–Kier alpha value is -2.43. The van der Waals surface area contributed by atoms with E-state index in [0.717, 1.165) is 48.3 Å². The van der Waals surface area contributed by atoms with Crippen LogP contribution in [0.1, 0.15) is 29.8 Å². The lowest BCUT2D eigenvalue weighted by atomic mass is 10.1. The van der Waals surface area contributed by atoms with Crippen LogP contribution in [-0.2, 0) is 13.0 Å². The molecule has 2 aromatic heterocycles. The maximum absolute atomic E-state index is 12.6. The molecule has 0 spiro atoms. The first-order valence-electron chi connectivity index (χ1n) is 7.61. The fourth-order valence-electron chi connectivity index (χ4n) is 3.15. The number of oxazole rings is 1. The van der Waals surface area contributed by atoms with Crippen LogP contribution in [0.2, 0.25) is 0 Å². The minimum absolute atomic E-state index is 0.0842. The molecule has 0 saturated heterocycles. The molecule has 0 fully saturated rings. The molecule has 1 aromatic carbocycles. The van der Waals surface area contributed by atoms with Gasteiger partial charge in [-0.25, -0.2) is 4.98 Å². The molecule has 0 bridgehead atoms. The number of hydrogen-bond donors (Lipinski definition) is 0. The summed E-state index contributed by atoms with van der Waals surface area (Å²) in [5.41, 5.74) is 3.77. The molecule has 0 unspecified atom stereocenters. The Morgan fingerprint density at radius 3 is 2.64 bits per heavy atom. The van der Waals surface area contributed by atoms with E-state index >= 15 is 0 Å². The molecule has 3 aromatic rings. The maximum Gasteiger partial charge on any atom is 0.283 e. The molecule has 5 heteroatoms. The fourth-order valence-corrected chi connectivity index (χ4v) is 3.15. The first kappa shape index (κ1) is 13.2. The maximum atomic E-state index is 12.6. The topological polar surface area (TPSA) is 60.9 Å². The molecule has 1 aliphatic rings. The lowest BCUT2D eigenvalue weighted by molar-refractivity contribution is 0.494. The first-order valence-corrected chi connectivity index (χ1v) is 7.61. The molecule has 3 heterocycles. The van der Waals surface area contributed by atoms with Crippen LogP contribution in [0.25, 0.3) is 22.7 Å². The second-order valence-electron chi connectivity index (χ2n) is 5.99. The number of nitrogens with zero attached hydrogens (tertiary/aromatic N) is 3. The summed E-state index contributed by atoms with van der Waals surface area (Å²) in [7, 11) is 0. The Morgan fingerprint density at radius 1 is 1.09 bits per heavy atom. The molecule has 4 rings (SSSR count). The van der Waals surface area contributed by atoms with E-state index in [1.165, 1.54) is 0 Å². The van der Waals surface area contributed by atoms with Crippen molar-refractivity contribution in [2.45, 2.75) is 39.7 Å². The highest BCUT2D eigenvalue weighted by Gasteiger charge is 2.19. The second-order valence-corrected chi connectivity index (χ2v) is 5.99. The second kappa shape index (κ2) is 4.80. The third-order valence-corrected chi connectivity index (χ3v) is 4.10. The number of aryl methyl sites for hydroxylation is 3. The Balaban J connectivity index is 1.94. The Morgan fingerprint density at radius 2 is 1.86 bits per heavy atom. The summed E-state index contributed by atoms with van der Waals surface area (Å²) in [6, 6.07) is 6.11. The Labute approximate surface area is 127 Å². The van der Waals surface area contributed by atoms with Gasteiger partial charge in [0.2, 0.25) is 5.89 Å². The molecule has 0 radical (unpaired) electrons. The van der Waals surface area contributed by atoms with Gasteiger partial charge in [0.1, 0.15) is 5.82 Å². The Bertz CT molecular complexity index is 917. The molecular formula is C17H17N3O2. The lowest BCUT2D eigenvalue weighted by Crippen LogP contribution is -2.28. The van der Waals surface area contributed by atoms with Crippen molar-refractivity contribution in [3.63, 3.8) is 0 Å². The van der Waals surface area contributed by atoms with Gasteiger partial charge in [0, 0.05) is 18.5 Å². The van der Waals surface area contributed by atoms with Crippen molar-refractivity contribution < 1.29 is 4.42 Å². The van der Waals surface area contributed by atoms with Gasteiger partial charge in [0.05, 0.1) is 0 Å². The summed E-state index contributed by atoms with van der Waals surface area (Å²) in [5, 5.41) is 0. The van der Waals surface area contributed by atoms with Crippen molar-refractivity contribution in [1.82, 2.24) is 14.5 Å². The van der Waals surface area contributed by atoms with Gasteiger partial charge >= 0.3 is 0 Å². The SMILES string of the molecule is Cc1cc(C)cc(-c2nc3c(=O)n4c(nc3o2)CCCC4)c1. The van der Waals surface area contributed by atoms with Crippen LogP contribution in [0.5, 0.6) is 0 Å². The Kier molecular flexibility index (Phi) is 2.89. The molecule has 5 nitrogen and oxygen atoms in total. The standard InChI is InChI=1S/C17H17N3O2/c1-10-7-11(2)9-12(8-10)15-19-14-16(22-15)18-13-5-3-4-6-20(13)17(14)21/h7-9H,3-6H2,1-2H3. The molecule has 0 atom stereocenters. The summed E-state index contributed by atoms with van der Waals surface area (Å²) in [5.74, 6) is 1.28. The van der Waals surface area contributed by atoms with Gasteiger partial charge in [0.25, 0.3) is 11.3 Å². The van der Waals surface area contributed by atoms with Gasteiger partial charge in [-0.05, 0) is 38.8 Å². The smallest absolute Gasteiger partial charge is 0.283 e. The number of fused-ring (bicyclic) bond motifs is 2. The van der Waals surface area contributed by atoms with Crippen molar-refractivity contribution in [1.29, 1.82) is 0 Å². The predicted molar refractivity (Wildman–Crippen MR) is 83.9 cm³/mol. The van der Waals surface area contributed by atoms with Crippen molar-refractivity contribution in [2.75, 3.05) is 0 Å². The van der Waals surface area contributed by atoms with Crippen LogP contribution in [0, 0.1) is 13.8 Å². The third-order valence-electron chi connectivity index (χ3n) is 4.10. The van der Waals surface area contributed by atoms with Gasteiger partial charge in [-0.15, -0.1) is 0 Å². The minimum Gasteiger partial charge on any atom is -0.417 e. The van der Waals surface area contributed by atoms with E-state index in [-0.39, 0.29) is 5.56 Å². The summed E-state index contributed by atoms with van der Waals surface area (Å²) in [6.45, 7) is 4.79. The van der Waals surface area contributed by atoms with Crippen molar-refractivity contribution in [2.24, 2.45) is 0 Å². The van der Waals surface area contributed by atoms with Gasteiger partial charge in [-0.1, -0.05) is 17.2 Å². The number of hydrogen-bond acceptors (Lipinski definition) is 4. The van der Waals surface area contributed by atoms with E-state index in [9.17, 15) is 4.79 Å². The van der Waals surface area contributed by atoms with Crippen molar-refractivity contribution in [3.05, 3.63) is 45.5 Å². The average molecular weight is 295 g/mol. The molecular weight excluding hydrogens is 278 g/mol. The van der Waals surface area contributed by atoms with Gasteiger partial charge < -0.3 is 4.42 Å². The molecule has 0 aliphatic carbocycles. The lowest BCUT2D eigenvalue weighted by Gasteiger charge is -2.15. The van der Waals surface area contributed by atoms with E-state index in [1.807, 2.05) is 26.0 Å². The van der Waals surface area contributed by atoms with E-state index < -0.39 is 0 Å². The highest BCUT2D eigenvalue weighted by atomic mass is 16.4.